The number of benzene rings is 3. The predicted octanol–water partition coefficient (Wildman–Crippen LogP) is 5.23. The van der Waals surface area contributed by atoms with E-state index >= 15 is 0 Å². The molecule has 1 heterocycles. The minimum absolute atomic E-state index is 0.00979. The van der Waals surface area contributed by atoms with Crippen LogP contribution in [0.1, 0.15) is 26.3 Å². The van der Waals surface area contributed by atoms with Gasteiger partial charge >= 0.3 is 5.97 Å². The van der Waals surface area contributed by atoms with Gasteiger partial charge in [0.2, 0.25) is 5.95 Å². The monoisotopic (exact) mass is 569 g/mol. The number of halogens is 2. The number of carbonyl (C=O) groups is 3. The van der Waals surface area contributed by atoms with Crippen LogP contribution in [0.3, 0.4) is 0 Å². The minimum Gasteiger partial charge on any atom is -0.480 e. The summed E-state index contributed by atoms with van der Waals surface area (Å²) in [4.78, 5) is 41.6. The molecule has 0 aliphatic heterocycles. The highest BCUT2D eigenvalue weighted by Crippen LogP contribution is 2.25. The molecule has 0 aliphatic rings. The number of anilines is 2. The Morgan fingerprint density at radius 3 is 2.29 bits per heavy atom. The molecule has 3 aromatic carbocycles. The summed E-state index contributed by atoms with van der Waals surface area (Å²) in [5.74, 6) is -1.70. The molecule has 4 aromatic rings. The molecule has 4 N–H and O–H groups in total. The molecule has 194 valence electrons. The maximum atomic E-state index is 12.8. The van der Waals surface area contributed by atoms with Gasteiger partial charge in [0.05, 0.1) is 15.6 Å². The summed E-state index contributed by atoms with van der Waals surface area (Å²) in [7, 11) is 1.73. The fourth-order valence-electron chi connectivity index (χ4n) is 3.54. The van der Waals surface area contributed by atoms with Crippen LogP contribution in [0, 0.1) is 0 Å². The van der Waals surface area contributed by atoms with Gasteiger partial charge in [-0.3, -0.25) is 9.59 Å². The molecular weight excluding hydrogens is 549 g/mol. The fourth-order valence-corrected chi connectivity index (χ4v) is 4.78. The zero-order chi connectivity index (χ0) is 27.2. The van der Waals surface area contributed by atoms with E-state index in [1.807, 2.05) is 6.07 Å². The topological polar surface area (TPSA) is 133 Å². The third-order valence-corrected chi connectivity index (χ3v) is 6.86. The van der Waals surface area contributed by atoms with Gasteiger partial charge in [-0.2, -0.15) is 9.36 Å². The number of carboxylic acids is 1. The lowest BCUT2D eigenvalue weighted by atomic mass is 10.0. The number of hydrogen-bond acceptors (Lipinski definition) is 7. The number of aliphatic carboxylic acids is 1. The normalized spacial score (nSPS) is 11.4. The molecule has 0 saturated carbocycles. The second-order valence-electron chi connectivity index (χ2n) is 8.07. The van der Waals surface area contributed by atoms with Crippen molar-refractivity contribution in [3.63, 3.8) is 0 Å². The largest absolute Gasteiger partial charge is 0.480 e. The molecule has 0 saturated heterocycles. The van der Waals surface area contributed by atoms with Crippen molar-refractivity contribution in [1.82, 2.24) is 14.7 Å². The summed E-state index contributed by atoms with van der Waals surface area (Å²) >= 11 is 13.4. The summed E-state index contributed by atoms with van der Waals surface area (Å²) in [6.07, 6.45) is 0.00979. The Balaban J connectivity index is 1.41. The van der Waals surface area contributed by atoms with Gasteiger partial charge in [-0.1, -0.05) is 53.5 Å². The highest BCUT2D eigenvalue weighted by atomic mass is 35.5. The van der Waals surface area contributed by atoms with Crippen molar-refractivity contribution in [2.24, 2.45) is 0 Å². The summed E-state index contributed by atoms with van der Waals surface area (Å²) in [6, 6.07) is 17.1. The molecule has 1 atom stereocenters. The lowest BCUT2D eigenvalue weighted by Gasteiger charge is -2.16. The molecule has 0 spiro atoms. The SMILES string of the molecule is CNc1nsc(-c2cccc(C(=O)Nc3ccc(C[C@H](NC(=O)c4c(Cl)cccc4Cl)C(=O)O)cc3)c2)n1. The molecule has 38 heavy (non-hydrogen) atoms. The highest BCUT2D eigenvalue weighted by molar-refractivity contribution is 7.09. The van der Waals surface area contributed by atoms with Gasteiger partial charge in [-0.15, -0.1) is 0 Å². The van der Waals surface area contributed by atoms with Crippen molar-refractivity contribution >= 4 is 64.2 Å². The van der Waals surface area contributed by atoms with E-state index in [1.165, 1.54) is 23.7 Å². The van der Waals surface area contributed by atoms with Gasteiger partial charge in [0, 0.05) is 30.3 Å². The van der Waals surface area contributed by atoms with Crippen LogP contribution in [0.5, 0.6) is 0 Å². The Hall–Kier alpha value is -3.99. The summed E-state index contributed by atoms with van der Waals surface area (Å²) in [5, 5.41) is 18.7. The fraction of sp³-hybridized carbons (Fsp3) is 0.115. The van der Waals surface area contributed by atoms with Crippen LogP contribution < -0.4 is 16.0 Å². The lowest BCUT2D eigenvalue weighted by molar-refractivity contribution is -0.139. The Morgan fingerprint density at radius 2 is 1.66 bits per heavy atom. The van der Waals surface area contributed by atoms with Crippen molar-refractivity contribution in [3.05, 3.63) is 93.5 Å². The highest BCUT2D eigenvalue weighted by Gasteiger charge is 2.24. The molecule has 12 heteroatoms. The first-order valence-electron chi connectivity index (χ1n) is 11.2. The molecule has 2 amide bonds. The van der Waals surface area contributed by atoms with Crippen LogP contribution in [0.25, 0.3) is 10.6 Å². The second-order valence-corrected chi connectivity index (χ2v) is 9.64. The molecule has 9 nitrogen and oxygen atoms in total. The number of carboxylic acid groups (broad SMARTS) is 1. The van der Waals surface area contributed by atoms with E-state index in [4.69, 9.17) is 23.2 Å². The number of nitrogens with one attached hydrogen (secondary N) is 3. The van der Waals surface area contributed by atoms with E-state index in [9.17, 15) is 19.5 Å². The van der Waals surface area contributed by atoms with Crippen molar-refractivity contribution in [2.75, 3.05) is 17.7 Å². The summed E-state index contributed by atoms with van der Waals surface area (Å²) in [5.41, 5.74) is 2.39. The van der Waals surface area contributed by atoms with Crippen molar-refractivity contribution in [3.8, 4) is 10.6 Å². The van der Waals surface area contributed by atoms with Crippen molar-refractivity contribution in [2.45, 2.75) is 12.5 Å². The van der Waals surface area contributed by atoms with E-state index in [1.54, 1.807) is 55.6 Å². The van der Waals surface area contributed by atoms with Gasteiger partial charge in [-0.05, 0) is 53.5 Å². The number of hydrogen-bond donors (Lipinski definition) is 4. The Morgan fingerprint density at radius 1 is 0.974 bits per heavy atom. The van der Waals surface area contributed by atoms with Crippen LogP contribution in [0.2, 0.25) is 10.0 Å². The minimum atomic E-state index is -1.22. The molecule has 0 radical (unpaired) electrons. The molecule has 1 aromatic heterocycles. The van der Waals surface area contributed by atoms with Crippen LogP contribution >= 0.6 is 34.7 Å². The standard InChI is InChI=1S/C26H21Cl2N5O4S/c1-29-26-32-24(38-33-26)16-5-2-4-15(13-16)22(34)30-17-10-8-14(9-11-17)12-20(25(36)37)31-23(35)21-18(27)6-3-7-19(21)28/h2-11,13,20H,12H2,1H3,(H,29,33)(H,30,34)(H,31,35)(H,36,37)/t20-/m0/s1. The second kappa shape index (κ2) is 12.0. The number of nitrogens with zero attached hydrogens (tertiary/aromatic N) is 2. The van der Waals surface area contributed by atoms with Crippen LogP contribution in [0.15, 0.2) is 66.7 Å². The van der Waals surface area contributed by atoms with Gasteiger partial charge in [0.1, 0.15) is 11.0 Å². The molecule has 0 bridgehead atoms. The maximum Gasteiger partial charge on any atom is 0.326 e. The lowest BCUT2D eigenvalue weighted by Crippen LogP contribution is -2.42. The number of carbonyl (C=O) groups excluding carboxylic acids is 2. The van der Waals surface area contributed by atoms with Gasteiger partial charge in [0.15, 0.2) is 0 Å². The third-order valence-electron chi connectivity index (χ3n) is 5.47. The number of aromatic nitrogens is 2. The molecular formula is C26H21Cl2N5O4S. The first-order chi connectivity index (χ1) is 18.2. The van der Waals surface area contributed by atoms with Gasteiger partial charge in [-0.25, -0.2) is 4.79 Å². The van der Waals surface area contributed by atoms with Crippen molar-refractivity contribution in [1.29, 1.82) is 0 Å². The van der Waals surface area contributed by atoms with E-state index in [0.29, 0.717) is 27.8 Å². The Kier molecular flexibility index (Phi) is 8.57. The van der Waals surface area contributed by atoms with E-state index in [-0.39, 0.29) is 27.9 Å². The van der Waals surface area contributed by atoms with E-state index in [2.05, 4.69) is 25.3 Å². The zero-order valence-electron chi connectivity index (χ0n) is 19.9. The molecule has 0 fully saturated rings. The Labute approximate surface area is 232 Å². The van der Waals surface area contributed by atoms with Gasteiger partial charge < -0.3 is 21.1 Å². The van der Waals surface area contributed by atoms with E-state index < -0.39 is 17.9 Å². The number of amides is 2. The van der Waals surface area contributed by atoms with Crippen LogP contribution in [-0.2, 0) is 11.2 Å². The van der Waals surface area contributed by atoms with Crippen LogP contribution in [-0.4, -0.2) is 45.3 Å². The average Bonchev–Trinajstić information content (AvgIpc) is 3.39. The average molecular weight is 570 g/mol. The summed E-state index contributed by atoms with van der Waals surface area (Å²) in [6.45, 7) is 0. The first kappa shape index (κ1) is 27.1. The third kappa shape index (κ3) is 6.46. The Bertz CT molecular complexity index is 1470. The molecule has 0 aliphatic carbocycles. The van der Waals surface area contributed by atoms with Crippen LogP contribution in [0.4, 0.5) is 11.6 Å². The van der Waals surface area contributed by atoms with E-state index in [0.717, 1.165) is 5.56 Å². The van der Waals surface area contributed by atoms with Gasteiger partial charge in [0.25, 0.3) is 11.8 Å². The summed E-state index contributed by atoms with van der Waals surface area (Å²) < 4.78 is 4.18. The molecule has 0 unspecified atom stereocenters. The van der Waals surface area contributed by atoms with Crippen molar-refractivity contribution < 1.29 is 19.5 Å². The predicted molar refractivity (Wildman–Crippen MR) is 148 cm³/mol. The smallest absolute Gasteiger partial charge is 0.326 e. The quantitative estimate of drug-likeness (QED) is 0.217. The molecule has 4 rings (SSSR count). The number of rotatable bonds is 9. The zero-order valence-corrected chi connectivity index (χ0v) is 22.2. The first-order valence-corrected chi connectivity index (χ1v) is 12.8. The maximum absolute atomic E-state index is 12.8.